The number of amides is 5. The van der Waals surface area contributed by atoms with Crippen LogP contribution in [0.25, 0.3) is 0 Å². The van der Waals surface area contributed by atoms with Gasteiger partial charge in [0.15, 0.2) is 5.78 Å². The lowest BCUT2D eigenvalue weighted by Crippen LogP contribution is -2.60. The Balaban J connectivity index is 1.14. The molecular weight excluding hydrogens is 1110 g/mol. The van der Waals surface area contributed by atoms with Crippen LogP contribution in [0.5, 0.6) is 0 Å². The minimum absolute atomic E-state index is 0.00426. The number of likely N-dealkylation sites (N-methyl/N-ethyl adjacent to an activating group) is 1. The van der Waals surface area contributed by atoms with Crippen LogP contribution in [-0.2, 0) is 63.8 Å². The topological polar surface area (TPSA) is 285 Å². The zero-order valence-electron chi connectivity index (χ0n) is 50.0. The average molecular weight is 1200 g/mol. The second kappa shape index (κ2) is 31.0. The number of aliphatic carboxylic acids is 1. The zero-order chi connectivity index (χ0) is 61.5. The van der Waals surface area contributed by atoms with Gasteiger partial charge in [-0.2, -0.15) is 0 Å². The van der Waals surface area contributed by atoms with E-state index in [4.69, 9.17) is 25.8 Å². The van der Waals surface area contributed by atoms with Crippen molar-refractivity contribution in [3.8, 4) is 0 Å². The SMILES string of the molecule is CCC(=O)NC(CCCCCC(=O)C1CCC(CNC(=O)C(CC(=O)O)SCCC(=O)N(C)[C@@H](C)C(=O)O[C@H]2CC(=O)N(C)c3cc(cc(C)c3Cl)C/C(C)=C/C=C/[C@@H](C)[C@@]3(O)CC(OC(=O)N3)[C@@H](C)[C@@H]3O[C@@]23C)CC1)C(=O)CCC(C)=O. The van der Waals surface area contributed by atoms with E-state index in [1.807, 2.05) is 38.1 Å². The zero-order valence-corrected chi connectivity index (χ0v) is 51.6. The number of nitrogens with zero attached hydrogens (tertiary/aromatic N) is 2. The van der Waals surface area contributed by atoms with Crippen LogP contribution in [0.1, 0.15) is 162 Å². The molecule has 4 aliphatic rings. The van der Waals surface area contributed by atoms with E-state index in [0.717, 1.165) is 28.5 Å². The first-order valence-corrected chi connectivity index (χ1v) is 30.7. The predicted molar refractivity (Wildman–Crippen MR) is 314 cm³/mol. The first-order valence-electron chi connectivity index (χ1n) is 29.3. The number of carbonyl (C=O) groups excluding carboxylic acids is 9. The molecule has 5 N–H and O–H groups in total. The molecule has 1 saturated carbocycles. The second-order valence-electron chi connectivity index (χ2n) is 23.5. The lowest BCUT2D eigenvalue weighted by Gasteiger charge is -2.41. The van der Waals surface area contributed by atoms with Gasteiger partial charge < -0.3 is 49.7 Å². The minimum atomic E-state index is -1.67. The largest absolute Gasteiger partial charge is 0.481 e. The standard InChI is InChI=1S/C61H88ClN5O15S/c1-11-51(71)64-44(47(70)25-20-38(5)68)18-13-12-14-19-46(69)43-23-21-41(22-24-43)34-63-57(76)49(31-54(74)75)83-27-26-52(72)66(9)40(7)58(77)81-50-32-53(73)67(10)45-30-42(29-36(3)55(45)62)28-35(2)16-15-17-37(4)61(79)33-48(80-59(78)65-61)39(6)56-60(50,8)82-56/h15-17,29-30,37,39-41,43-44,48-50,56,79H,11-14,18-28,31-34H2,1-10H3,(H,63,76)(H,64,71)(H,65,78)(H,74,75)/b17-15+,35-16+/t37-,39-,40+,41?,43?,44?,48?,49?,50+,56+,60+,61+/m1/s1. The van der Waals surface area contributed by atoms with E-state index in [1.54, 1.807) is 40.8 Å². The van der Waals surface area contributed by atoms with E-state index in [-0.39, 0.29) is 79.4 Å². The number of carbonyl (C=O) groups is 10. The van der Waals surface area contributed by atoms with Gasteiger partial charge in [0.2, 0.25) is 23.6 Å². The highest BCUT2D eigenvalue weighted by atomic mass is 35.5. The molecule has 20 nitrogen and oxygen atoms in total. The van der Waals surface area contributed by atoms with Gasteiger partial charge in [0.25, 0.3) is 0 Å². The Morgan fingerprint density at radius 1 is 1.00 bits per heavy atom. The number of aliphatic hydroxyl groups is 1. The number of allylic oxidation sites excluding steroid dienone is 3. The van der Waals surface area contributed by atoms with Crippen LogP contribution in [0.2, 0.25) is 5.02 Å². The summed E-state index contributed by atoms with van der Waals surface area (Å²) >= 11 is 7.85. The van der Waals surface area contributed by atoms with Crippen LogP contribution >= 0.6 is 23.4 Å². The van der Waals surface area contributed by atoms with Gasteiger partial charge in [0, 0.05) is 82.7 Å². The summed E-state index contributed by atoms with van der Waals surface area (Å²) in [6.45, 7) is 14.0. The highest BCUT2D eigenvalue weighted by molar-refractivity contribution is 8.00. The van der Waals surface area contributed by atoms with E-state index in [2.05, 4.69) is 16.0 Å². The average Bonchev–Trinajstić information content (AvgIpc) is 2.02. The summed E-state index contributed by atoms with van der Waals surface area (Å²) in [6.07, 6.45) is 7.51. The Hall–Kier alpha value is -5.64. The first-order chi connectivity index (χ1) is 39.1. The third-order valence-corrected chi connectivity index (χ3v) is 18.7. The maximum absolute atomic E-state index is 14.4. The number of ketones is 3. The van der Waals surface area contributed by atoms with Crippen molar-refractivity contribution >= 4 is 88.1 Å². The van der Waals surface area contributed by atoms with Crippen LogP contribution in [0.15, 0.2) is 35.9 Å². The number of carboxylic acid groups (broad SMARTS) is 1. The molecule has 3 unspecified atom stereocenters. The maximum Gasteiger partial charge on any atom is 0.409 e. The van der Waals surface area contributed by atoms with Crippen LogP contribution < -0.4 is 20.9 Å². The number of fused-ring (bicyclic) bond motifs is 5. The van der Waals surface area contributed by atoms with Gasteiger partial charge in [0.1, 0.15) is 41.1 Å². The number of Topliss-reactive ketones (excluding diaryl/α,β-unsaturated/α-hetero) is 3. The number of carboxylic acids is 1. The highest BCUT2D eigenvalue weighted by Gasteiger charge is 2.64. The van der Waals surface area contributed by atoms with E-state index in [1.165, 1.54) is 30.7 Å². The number of halogens is 1. The highest BCUT2D eigenvalue weighted by Crippen LogP contribution is 2.49. The van der Waals surface area contributed by atoms with Gasteiger partial charge in [-0.05, 0) is 103 Å². The summed E-state index contributed by atoms with van der Waals surface area (Å²) in [7, 11) is 3.00. The number of esters is 1. The van der Waals surface area contributed by atoms with E-state index >= 15 is 0 Å². The predicted octanol–water partition coefficient (Wildman–Crippen LogP) is 7.68. The molecular formula is C61H88ClN5O15S. The summed E-state index contributed by atoms with van der Waals surface area (Å²) in [5.41, 5.74) is 0.0891. The van der Waals surface area contributed by atoms with E-state index < -0.39 is 101 Å². The third kappa shape index (κ3) is 19.4. The van der Waals surface area contributed by atoms with Crippen LogP contribution in [0.3, 0.4) is 0 Å². The van der Waals surface area contributed by atoms with Gasteiger partial charge in [-0.25, -0.2) is 9.59 Å². The number of hydrogen-bond donors (Lipinski definition) is 5. The molecule has 3 heterocycles. The minimum Gasteiger partial charge on any atom is -0.481 e. The van der Waals surface area contributed by atoms with Gasteiger partial charge >= 0.3 is 18.0 Å². The van der Waals surface area contributed by atoms with Crippen molar-refractivity contribution in [2.75, 3.05) is 31.3 Å². The van der Waals surface area contributed by atoms with Gasteiger partial charge in [-0.15, -0.1) is 11.8 Å². The number of hydrogen-bond acceptors (Lipinski definition) is 15. The molecule has 1 aliphatic carbocycles. The first kappa shape index (κ1) is 68.1. The molecule has 3 aliphatic heterocycles. The van der Waals surface area contributed by atoms with Crippen molar-refractivity contribution < 1.29 is 72.4 Å². The Morgan fingerprint density at radius 2 is 1.70 bits per heavy atom. The number of anilines is 1. The summed E-state index contributed by atoms with van der Waals surface area (Å²) in [5, 5.41) is 29.1. The molecule has 1 aromatic carbocycles. The molecule has 0 radical (unpaired) electrons. The van der Waals surface area contributed by atoms with Crippen molar-refractivity contribution in [3.63, 3.8) is 0 Å². The summed E-state index contributed by atoms with van der Waals surface area (Å²) in [6, 6.07) is 1.95. The molecule has 1 aromatic rings. The Bertz CT molecular complexity index is 2620. The number of aryl methyl sites for hydroxylation is 1. The molecule has 5 amide bonds. The molecule has 0 aromatic heterocycles. The fourth-order valence-electron chi connectivity index (χ4n) is 11.2. The van der Waals surface area contributed by atoms with Gasteiger partial charge in [0.05, 0.1) is 40.9 Å². The van der Waals surface area contributed by atoms with Gasteiger partial charge in [-0.1, -0.05) is 75.1 Å². The fourth-order valence-corrected chi connectivity index (χ4v) is 12.5. The van der Waals surface area contributed by atoms with Crippen molar-refractivity contribution in [2.24, 2.45) is 23.7 Å². The number of benzene rings is 1. The smallest absolute Gasteiger partial charge is 0.409 e. The van der Waals surface area contributed by atoms with Gasteiger partial charge in [-0.3, -0.25) is 38.9 Å². The summed E-state index contributed by atoms with van der Waals surface area (Å²) in [5.74, 6) is -4.82. The van der Waals surface area contributed by atoms with Crippen molar-refractivity contribution in [1.82, 2.24) is 20.9 Å². The molecule has 460 valence electrons. The quantitative estimate of drug-likeness (QED) is 0.0356. The maximum atomic E-state index is 14.4. The number of rotatable bonds is 25. The van der Waals surface area contributed by atoms with Crippen molar-refractivity contribution in [2.45, 2.75) is 212 Å². The Morgan fingerprint density at radius 3 is 2.36 bits per heavy atom. The number of thioether (sulfide) groups is 1. The number of unbranched alkanes of at least 4 members (excludes halogenated alkanes) is 2. The third-order valence-electron chi connectivity index (χ3n) is 17.0. The Kier molecular flexibility index (Phi) is 25.4. The molecule has 83 heavy (non-hydrogen) atoms. The lowest BCUT2D eigenvalue weighted by atomic mass is 9.79. The van der Waals surface area contributed by atoms with Crippen LogP contribution in [0.4, 0.5) is 10.5 Å². The van der Waals surface area contributed by atoms with Crippen molar-refractivity contribution in [3.05, 3.63) is 52.1 Å². The van der Waals surface area contributed by atoms with E-state index in [0.29, 0.717) is 81.5 Å². The summed E-state index contributed by atoms with van der Waals surface area (Å²) in [4.78, 5) is 132. The van der Waals surface area contributed by atoms with Crippen LogP contribution in [0, 0.1) is 30.6 Å². The normalized spacial score (nSPS) is 27.6. The molecule has 3 fully saturated rings. The fraction of sp³-hybridized carbons (Fsp3) is 0.672. The van der Waals surface area contributed by atoms with Crippen LogP contribution in [-0.4, -0.2) is 147 Å². The van der Waals surface area contributed by atoms with E-state index in [9.17, 15) is 58.2 Å². The molecule has 2 saturated heterocycles. The number of nitrogens with one attached hydrogen (secondary N) is 3. The number of alkyl carbamates (subject to hydrolysis) is 1. The molecule has 10 atom stereocenters. The number of ether oxygens (including phenoxy) is 3. The van der Waals surface area contributed by atoms with Crippen molar-refractivity contribution in [1.29, 1.82) is 0 Å². The molecule has 4 bridgehead atoms. The molecule has 22 heteroatoms. The second-order valence-corrected chi connectivity index (χ2v) is 25.2. The molecule has 5 rings (SSSR count). The summed E-state index contributed by atoms with van der Waals surface area (Å²) < 4.78 is 18.2. The number of epoxide rings is 1. The lowest BCUT2D eigenvalue weighted by molar-refractivity contribution is -0.162. The molecule has 0 spiro atoms. The Labute approximate surface area is 497 Å². The monoisotopic (exact) mass is 1200 g/mol.